The second kappa shape index (κ2) is 4.34. The Morgan fingerprint density at radius 1 is 1.35 bits per heavy atom. The standard InChI is InChI=1S/C18H24O2/c1-10(2)12-5-6-18(4)9-15(20)16-13(17(12)18)7-11(3)8-14(16)19/h7-8,10,12,17,19H,5-6,9H2,1-4H3/t12-,17-,18+/m1/s1. The third-order valence-corrected chi connectivity index (χ3v) is 5.55. The summed E-state index contributed by atoms with van der Waals surface area (Å²) in [5.74, 6) is 1.96. The summed E-state index contributed by atoms with van der Waals surface area (Å²) in [6.45, 7) is 8.82. The third-order valence-electron chi connectivity index (χ3n) is 5.55. The SMILES string of the molecule is Cc1cc(O)c2c(c1)[C@H]1[C@@H](C(C)C)CC[C@@]1(C)CC2=O. The van der Waals surface area contributed by atoms with Crippen LogP contribution < -0.4 is 0 Å². The van der Waals surface area contributed by atoms with Crippen LogP contribution >= 0.6 is 0 Å². The zero-order valence-corrected chi connectivity index (χ0v) is 12.9. The molecule has 2 heteroatoms. The normalized spacial score (nSPS) is 32.4. The fraction of sp³-hybridized carbons (Fsp3) is 0.611. The van der Waals surface area contributed by atoms with Gasteiger partial charge in [-0.2, -0.15) is 0 Å². The highest BCUT2D eigenvalue weighted by Gasteiger charge is 2.52. The smallest absolute Gasteiger partial charge is 0.167 e. The number of carbonyl (C=O) groups excluding carboxylic acids is 1. The summed E-state index contributed by atoms with van der Waals surface area (Å²) >= 11 is 0. The second-order valence-electron chi connectivity index (χ2n) is 7.43. The van der Waals surface area contributed by atoms with Gasteiger partial charge in [0.15, 0.2) is 5.78 Å². The van der Waals surface area contributed by atoms with Gasteiger partial charge in [-0.3, -0.25) is 4.79 Å². The Bertz CT molecular complexity index is 573. The summed E-state index contributed by atoms with van der Waals surface area (Å²) in [6.07, 6.45) is 2.91. The van der Waals surface area contributed by atoms with Crippen molar-refractivity contribution in [1.82, 2.24) is 0 Å². The molecule has 1 fully saturated rings. The minimum atomic E-state index is 0.0826. The summed E-state index contributed by atoms with van der Waals surface area (Å²) in [4.78, 5) is 12.5. The molecule has 0 unspecified atom stereocenters. The molecule has 1 saturated carbocycles. The van der Waals surface area contributed by atoms with Crippen molar-refractivity contribution in [2.75, 3.05) is 0 Å². The van der Waals surface area contributed by atoms with Crippen molar-refractivity contribution in [3.05, 3.63) is 28.8 Å². The lowest BCUT2D eigenvalue weighted by atomic mass is 9.63. The van der Waals surface area contributed by atoms with Crippen molar-refractivity contribution in [2.45, 2.75) is 52.9 Å². The summed E-state index contributed by atoms with van der Waals surface area (Å²) < 4.78 is 0. The van der Waals surface area contributed by atoms with Crippen LogP contribution in [0.2, 0.25) is 0 Å². The fourth-order valence-electron chi connectivity index (χ4n) is 4.66. The van der Waals surface area contributed by atoms with Gasteiger partial charge in [0.05, 0.1) is 5.56 Å². The molecule has 2 nitrogen and oxygen atoms in total. The molecule has 0 spiro atoms. The van der Waals surface area contributed by atoms with Gasteiger partial charge in [0.25, 0.3) is 0 Å². The summed E-state index contributed by atoms with van der Waals surface area (Å²) in [5.41, 5.74) is 2.84. The molecule has 0 heterocycles. The highest BCUT2D eigenvalue weighted by molar-refractivity contribution is 6.02. The first-order chi connectivity index (χ1) is 9.33. The van der Waals surface area contributed by atoms with Gasteiger partial charge in [0.1, 0.15) is 5.75 Å². The lowest BCUT2D eigenvalue weighted by molar-refractivity contribution is 0.0865. The van der Waals surface area contributed by atoms with E-state index in [9.17, 15) is 9.90 Å². The van der Waals surface area contributed by atoms with Gasteiger partial charge in [-0.25, -0.2) is 0 Å². The molecule has 108 valence electrons. The van der Waals surface area contributed by atoms with E-state index in [1.54, 1.807) is 6.07 Å². The first kappa shape index (κ1) is 13.7. The zero-order valence-electron chi connectivity index (χ0n) is 12.9. The summed E-state index contributed by atoms with van der Waals surface area (Å²) in [7, 11) is 0. The Morgan fingerprint density at radius 2 is 2.05 bits per heavy atom. The van der Waals surface area contributed by atoms with Crippen LogP contribution in [-0.2, 0) is 0 Å². The maximum absolute atomic E-state index is 12.5. The van der Waals surface area contributed by atoms with Crippen LogP contribution in [0.4, 0.5) is 0 Å². The number of phenolic OH excluding ortho intramolecular Hbond substituents is 1. The maximum atomic E-state index is 12.5. The summed E-state index contributed by atoms with van der Waals surface area (Å²) in [6, 6.07) is 3.86. The van der Waals surface area contributed by atoms with Crippen LogP contribution in [-0.4, -0.2) is 10.9 Å². The first-order valence-corrected chi connectivity index (χ1v) is 7.70. The predicted octanol–water partition coefficient (Wildman–Crippen LogP) is 4.44. The number of hydrogen-bond acceptors (Lipinski definition) is 2. The number of Topliss-reactive ketones (excluding diaryl/α,β-unsaturated/α-hetero) is 1. The van der Waals surface area contributed by atoms with E-state index in [-0.39, 0.29) is 16.9 Å². The molecular weight excluding hydrogens is 248 g/mol. The molecule has 1 aromatic carbocycles. The topological polar surface area (TPSA) is 37.3 Å². The monoisotopic (exact) mass is 272 g/mol. The Morgan fingerprint density at radius 3 is 2.70 bits per heavy atom. The van der Waals surface area contributed by atoms with Gasteiger partial charge in [-0.05, 0) is 60.1 Å². The van der Waals surface area contributed by atoms with E-state index < -0.39 is 0 Å². The number of rotatable bonds is 1. The van der Waals surface area contributed by atoms with E-state index in [4.69, 9.17) is 0 Å². The van der Waals surface area contributed by atoms with Crippen LogP contribution in [0.25, 0.3) is 0 Å². The van der Waals surface area contributed by atoms with E-state index in [0.29, 0.717) is 29.7 Å². The fourth-order valence-corrected chi connectivity index (χ4v) is 4.66. The molecule has 0 radical (unpaired) electrons. The van der Waals surface area contributed by atoms with E-state index in [1.165, 1.54) is 6.42 Å². The second-order valence-corrected chi connectivity index (χ2v) is 7.43. The van der Waals surface area contributed by atoms with E-state index in [2.05, 4.69) is 26.8 Å². The van der Waals surface area contributed by atoms with Gasteiger partial charge in [-0.15, -0.1) is 0 Å². The Kier molecular flexibility index (Phi) is 2.97. The molecule has 3 rings (SSSR count). The van der Waals surface area contributed by atoms with E-state index >= 15 is 0 Å². The Labute approximate surface area is 121 Å². The van der Waals surface area contributed by atoms with Gasteiger partial charge in [0, 0.05) is 6.42 Å². The number of ketones is 1. The largest absolute Gasteiger partial charge is 0.507 e. The van der Waals surface area contributed by atoms with Gasteiger partial charge < -0.3 is 5.11 Å². The van der Waals surface area contributed by atoms with Crippen molar-refractivity contribution in [3.63, 3.8) is 0 Å². The molecule has 0 bridgehead atoms. The van der Waals surface area contributed by atoms with Crippen LogP contribution in [0.15, 0.2) is 12.1 Å². The Hall–Kier alpha value is -1.31. The third kappa shape index (κ3) is 1.81. The zero-order chi connectivity index (χ0) is 14.7. The average Bonchev–Trinajstić information content (AvgIpc) is 2.65. The van der Waals surface area contributed by atoms with Crippen molar-refractivity contribution in [2.24, 2.45) is 17.3 Å². The molecular formula is C18H24O2. The minimum Gasteiger partial charge on any atom is -0.507 e. The quantitative estimate of drug-likeness (QED) is 0.820. The molecule has 2 aliphatic carbocycles. The highest BCUT2D eigenvalue weighted by atomic mass is 16.3. The molecule has 1 N–H and O–H groups in total. The van der Waals surface area contributed by atoms with Crippen LogP contribution in [0.1, 0.15) is 67.4 Å². The molecule has 0 amide bonds. The van der Waals surface area contributed by atoms with Crippen molar-refractivity contribution in [1.29, 1.82) is 0 Å². The van der Waals surface area contributed by atoms with Crippen LogP contribution in [0.3, 0.4) is 0 Å². The molecule has 2 aliphatic rings. The molecule has 0 aromatic heterocycles. The molecule has 0 aliphatic heterocycles. The number of phenols is 1. The number of aryl methyl sites for hydroxylation is 1. The minimum absolute atomic E-state index is 0.0826. The molecule has 0 saturated heterocycles. The van der Waals surface area contributed by atoms with Crippen molar-refractivity contribution < 1.29 is 9.90 Å². The number of carbonyl (C=O) groups is 1. The predicted molar refractivity (Wildman–Crippen MR) is 80.2 cm³/mol. The van der Waals surface area contributed by atoms with E-state index in [1.807, 2.05) is 6.92 Å². The van der Waals surface area contributed by atoms with Gasteiger partial charge in [0.2, 0.25) is 0 Å². The number of hydrogen-bond donors (Lipinski definition) is 1. The first-order valence-electron chi connectivity index (χ1n) is 7.70. The summed E-state index contributed by atoms with van der Waals surface area (Å²) in [5, 5.41) is 10.2. The molecule has 1 aromatic rings. The lowest BCUT2D eigenvalue weighted by Crippen LogP contribution is -2.34. The van der Waals surface area contributed by atoms with Gasteiger partial charge in [-0.1, -0.05) is 26.8 Å². The number of aromatic hydroxyl groups is 1. The number of benzene rings is 1. The molecule has 3 atom stereocenters. The average molecular weight is 272 g/mol. The lowest BCUT2D eigenvalue weighted by Gasteiger charge is -2.40. The van der Waals surface area contributed by atoms with E-state index in [0.717, 1.165) is 17.5 Å². The van der Waals surface area contributed by atoms with Crippen molar-refractivity contribution in [3.8, 4) is 5.75 Å². The van der Waals surface area contributed by atoms with Crippen molar-refractivity contribution >= 4 is 5.78 Å². The van der Waals surface area contributed by atoms with Gasteiger partial charge >= 0.3 is 0 Å². The number of fused-ring (bicyclic) bond motifs is 3. The highest BCUT2D eigenvalue weighted by Crippen LogP contribution is 2.60. The maximum Gasteiger partial charge on any atom is 0.167 e. The Balaban J connectivity index is 2.22. The van der Waals surface area contributed by atoms with Crippen LogP contribution in [0, 0.1) is 24.2 Å². The van der Waals surface area contributed by atoms with Crippen LogP contribution in [0.5, 0.6) is 5.75 Å². The molecule has 20 heavy (non-hydrogen) atoms.